The van der Waals surface area contributed by atoms with Crippen LogP contribution in [0.4, 0.5) is 0 Å². The van der Waals surface area contributed by atoms with E-state index in [1.54, 1.807) is 0 Å². The first-order valence-electron chi connectivity index (χ1n) is 3.87. The molecular weight excluding hydrogens is 152 g/mol. The van der Waals surface area contributed by atoms with E-state index in [4.69, 9.17) is 5.11 Å². The van der Waals surface area contributed by atoms with Crippen LogP contribution in [0.2, 0.25) is 0 Å². The van der Waals surface area contributed by atoms with E-state index in [9.17, 15) is 4.79 Å². The van der Waals surface area contributed by atoms with E-state index in [-0.39, 0.29) is 12.4 Å². The summed E-state index contributed by atoms with van der Waals surface area (Å²) in [4.78, 5) is 10.3. The van der Waals surface area contributed by atoms with Crippen molar-refractivity contribution in [3.8, 4) is 23.7 Å². The fourth-order valence-corrected chi connectivity index (χ4v) is 0.551. The molecule has 0 saturated carbocycles. The van der Waals surface area contributed by atoms with Gasteiger partial charge in [-0.1, -0.05) is 5.92 Å². The molecule has 0 saturated heterocycles. The molecule has 0 unspecified atom stereocenters. The summed E-state index contributed by atoms with van der Waals surface area (Å²) in [5, 5.41) is 8.42. The van der Waals surface area contributed by atoms with E-state index in [1.165, 1.54) is 6.92 Å². The van der Waals surface area contributed by atoms with Gasteiger partial charge in [0.1, 0.15) is 0 Å². The summed E-state index contributed by atoms with van der Waals surface area (Å²) < 4.78 is 0. The summed E-state index contributed by atoms with van der Waals surface area (Å²) in [6.45, 7) is 1.61. The van der Waals surface area contributed by atoms with Crippen molar-refractivity contribution in [3.05, 3.63) is 0 Å². The fourth-order valence-electron chi connectivity index (χ4n) is 0.551. The number of unbranched alkanes of at least 4 members (excludes halogenated alkanes) is 2. The summed E-state index contributed by atoms with van der Waals surface area (Å²) in [5.41, 5.74) is 0. The molecule has 0 rings (SSSR count). The van der Waals surface area contributed by atoms with Crippen molar-refractivity contribution >= 4 is 5.78 Å². The molecule has 64 valence electrons. The van der Waals surface area contributed by atoms with Crippen LogP contribution in [0, 0.1) is 23.7 Å². The number of hydrogen-bond donors (Lipinski definition) is 1. The molecule has 0 aliphatic carbocycles. The molecule has 2 heteroatoms. The number of aliphatic hydroxyl groups excluding tert-OH is 1. The van der Waals surface area contributed by atoms with Crippen molar-refractivity contribution < 1.29 is 9.90 Å². The lowest BCUT2D eigenvalue weighted by atomic mass is 10.2. The first-order chi connectivity index (χ1) is 5.77. The SMILES string of the molecule is CC(=O)C#CC#CCCCCO. The van der Waals surface area contributed by atoms with Crippen LogP contribution in [0.15, 0.2) is 0 Å². The Morgan fingerprint density at radius 3 is 2.67 bits per heavy atom. The van der Waals surface area contributed by atoms with Crippen LogP contribution >= 0.6 is 0 Å². The second-order valence-corrected chi connectivity index (χ2v) is 2.29. The van der Waals surface area contributed by atoms with Crippen LogP contribution in [0.25, 0.3) is 0 Å². The number of carbonyl (C=O) groups is 1. The maximum Gasteiger partial charge on any atom is 0.203 e. The monoisotopic (exact) mass is 164 g/mol. The van der Waals surface area contributed by atoms with Crippen LogP contribution in [-0.2, 0) is 4.79 Å². The van der Waals surface area contributed by atoms with E-state index in [0.717, 1.165) is 19.3 Å². The smallest absolute Gasteiger partial charge is 0.203 e. The fraction of sp³-hybridized carbons (Fsp3) is 0.500. The zero-order chi connectivity index (χ0) is 9.23. The quantitative estimate of drug-likeness (QED) is 0.379. The minimum Gasteiger partial charge on any atom is -0.396 e. The first-order valence-corrected chi connectivity index (χ1v) is 3.87. The van der Waals surface area contributed by atoms with Crippen LogP contribution in [0.5, 0.6) is 0 Å². The molecule has 0 bridgehead atoms. The van der Waals surface area contributed by atoms with Crippen LogP contribution in [0.1, 0.15) is 26.2 Å². The molecule has 1 N–H and O–H groups in total. The number of carbonyl (C=O) groups excluding carboxylic acids is 1. The van der Waals surface area contributed by atoms with Crippen molar-refractivity contribution in [1.29, 1.82) is 0 Å². The third kappa shape index (κ3) is 8.75. The third-order valence-electron chi connectivity index (χ3n) is 1.10. The zero-order valence-corrected chi connectivity index (χ0v) is 7.18. The van der Waals surface area contributed by atoms with Gasteiger partial charge in [-0.15, -0.1) is 0 Å². The highest BCUT2D eigenvalue weighted by atomic mass is 16.2. The maximum absolute atomic E-state index is 10.3. The Labute approximate surface area is 73.0 Å². The Morgan fingerprint density at radius 1 is 1.33 bits per heavy atom. The van der Waals surface area contributed by atoms with E-state index < -0.39 is 0 Å². The van der Waals surface area contributed by atoms with E-state index in [0.29, 0.717) is 0 Å². The number of rotatable bonds is 3. The Bertz CT molecular complexity index is 244. The van der Waals surface area contributed by atoms with Crippen LogP contribution < -0.4 is 0 Å². The second kappa shape index (κ2) is 7.85. The molecule has 0 aliphatic rings. The van der Waals surface area contributed by atoms with Gasteiger partial charge in [-0.3, -0.25) is 4.79 Å². The molecule has 2 nitrogen and oxygen atoms in total. The summed E-state index contributed by atoms with van der Waals surface area (Å²) in [7, 11) is 0. The zero-order valence-electron chi connectivity index (χ0n) is 7.18. The highest BCUT2D eigenvalue weighted by Crippen LogP contribution is 1.90. The van der Waals surface area contributed by atoms with Gasteiger partial charge < -0.3 is 5.11 Å². The van der Waals surface area contributed by atoms with Gasteiger partial charge in [-0.05, 0) is 30.6 Å². The summed E-state index contributed by atoms with van der Waals surface area (Å²) >= 11 is 0. The standard InChI is InChI=1S/C10H12O2/c1-10(12)8-6-4-2-3-5-7-9-11/h11H,3,5,7,9H2,1H3. The molecule has 12 heavy (non-hydrogen) atoms. The summed E-state index contributed by atoms with van der Waals surface area (Å²) in [6, 6.07) is 0. The maximum atomic E-state index is 10.3. The minimum absolute atomic E-state index is 0.167. The Hall–Kier alpha value is -1.25. The van der Waals surface area contributed by atoms with Gasteiger partial charge in [0, 0.05) is 20.0 Å². The van der Waals surface area contributed by atoms with Gasteiger partial charge in [-0.2, -0.15) is 0 Å². The molecule has 0 heterocycles. The lowest BCUT2D eigenvalue weighted by Crippen LogP contribution is -1.80. The van der Waals surface area contributed by atoms with Crippen molar-refractivity contribution in [2.75, 3.05) is 6.61 Å². The predicted molar refractivity (Wildman–Crippen MR) is 47.2 cm³/mol. The molecule has 0 aliphatic heterocycles. The number of hydrogen-bond acceptors (Lipinski definition) is 2. The van der Waals surface area contributed by atoms with Crippen molar-refractivity contribution in [2.24, 2.45) is 0 Å². The molecular formula is C10H12O2. The minimum atomic E-state index is -0.167. The van der Waals surface area contributed by atoms with Gasteiger partial charge >= 0.3 is 0 Å². The topological polar surface area (TPSA) is 37.3 Å². The van der Waals surface area contributed by atoms with Crippen molar-refractivity contribution in [3.63, 3.8) is 0 Å². The number of ketones is 1. The lowest BCUT2D eigenvalue weighted by molar-refractivity contribution is -0.111. The molecule has 0 amide bonds. The van der Waals surface area contributed by atoms with Crippen LogP contribution in [0.3, 0.4) is 0 Å². The Morgan fingerprint density at radius 2 is 2.08 bits per heavy atom. The molecule has 0 aromatic carbocycles. The van der Waals surface area contributed by atoms with Gasteiger partial charge in [0.05, 0.1) is 0 Å². The lowest BCUT2D eigenvalue weighted by Gasteiger charge is -1.86. The average Bonchev–Trinajstić information content (AvgIpc) is 2.02. The summed E-state index contributed by atoms with van der Waals surface area (Å²) in [6.07, 6.45) is 2.38. The van der Waals surface area contributed by atoms with Gasteiger partial charge in [0.15, 0.2) is 0 Å². The highest BCUT2D eigenvalue weighted by Gasteiger charge is 1.80. The molecule has 0 aromatic rings. The van der Waals surface area contributed by atoms with Gasteiger partial charge in [0.25, 0.3) is 0 Å². The highest BCUT2D eigenvalue weighted by molar-refractivity contribution is 5.93. The Kier molecular flexibility index (Phi) is 7.03. The van der Waals surface area contributed by atoms with E-state index in [2.05, 4.69) is 23.7 Å². The predicted octanol–water partition coefficient (Wildman–Crippen LogP) is 0.745. The normalized spacial score (nSPS) is 7.50. The van der Waals surface area contributed by atoms with E-state index in [1.807, 2.05) is 0 Å². The van der Waals surface area contributed by atoms with Crippen molar-refractivity contribution in [2.45, 2.75) is 26.2 Å². The average molecular weight is 164 g/mol. The molecule has 0 radical (unpaired) electrons. The van der Waals surface area contributed by atoms with Gasteiger partial charge in [0.2, 0.25) is 5.78 Å². The summed E-state index contributed by atoms with van der Waals surface area (Å²) in [5.74, 6) is 9.95. The third-order valence-corrected chi connectivity index (χ3v) is 1.10. The molecule has 0 atom stereocenters. The number of aliphatic hydroxyl groups is 1. The largest absolute Gasteiger partial charge is 0.396 e. The van der Waals surface area contributed by atoms with E-state index >= 15 is 0 Å². The second-order valence-electron chi connectivity index (χ2n) is 2.29. The number of Topliss-reactive ketones (excluding diaryl/α,β-unsaturated/α-hetero) is 1. The van der Waals surface area contributed by atoms with Crippen molar-refractivity contribution in [1.82, 2.24) is 0 Å². The molecule has 0 spiro atoms. The molecule has 0 fully saturated rings. The Balaban J connectivity index is 3.49. The first kappa shape index (κ1) is 10.8. The molecule has 0 aromatic heterocycles. The van der Waals surface area contributed by atoms with Crippen LogP contribution in [-0.4, -0.2) is 17.5 Å². The van der Waals surface area contributed by atoms with Gasteiger partial charge in [-0.25, -0.2) is 0 Å².